The molecular weight excluding hydrogens is 293 g/mol. The maximum atomic E-state index is 13.9. The van der Waals surface area contributed by atoms with Gasteiger partial charge in [0, 0.05) is 17.4 Å². The average Bonchev–Trinajstić information content (AvgIpc) is 2.88. The number of nitro benzene ring substituents is 1. The van der Waals surface area contributed by atoms with Crippen molar-refractivity contribution in [3.05, 3.63) is 64.0 Å². The van der Waals surface area contributed by atoms with Gasteiger partial charge in [0.05, 0.1) is 16.0 Å². The molecule has 0 radical (unpaired) electrons. The third-order valence-corrected chi connectivity index (χ3v) is 3.91. The molecule has 0 aliphatic heterocycles. The third kappa shape index (κ3) is 2.73. The Morgan fingerprint density at radius 2 is 2.05 bits per heavy atom. The molecule has 3 aromatic rings. The number of nitro groups is 1. The zero-order chi connectivity index (χ0) is 14.8. The summed E-state index contributed by atoms with van der Waals surface area (Å²) in [5, 5.41) is 11.4. The molecule has 1 heterocycles. The SMILES string of the molecule is O=[N+]([O-])c1cccc(CSc2nc3ccccc3[nH]2)c1F. The summed E-state index contributed by atoms with van der Waals surface area (Å²) in [6.07, 6.45) is 0. The van der Waals surface area contributed by atoms with Gasteiger partial charge in [0.1, 0.15) is 0 Å². The van der Waals surface area contributed by atoms with Crippen LogP contribution in [0, 0.1) is 15.9 Å². The van der Waals surface area contributed by atoms with Crippen molar-refractivity contribution in [2.45, 2.75) is 10.9 Å². The topological polar surface area (TPSA) is 71.8 Å². The first-order valence-corrected chi connectivity index (χ1v) is 7.13. The molecular formula is C14H10FN3O2S. The molecule has 0 aliphatic rings. The summed E-state index contributed by atoms with van der Waals surface area (Å²) in [6.45, 7) is 0. The lowest BCUT2D eigenvalue weighted by Crippen LogP contribution is -1.96. The number of para-hydroxylation sites is 2. The number of hydrogen-bond acceptors (Lipinski definition) is 4. The number of fused-ring (bicyclic) bond motifs is 1. The quantitative estimate of drug-likeness (QED) is 0.451. The highest BCUT2D eigenvalue weighted by atomic mass is 32.2. The number of nitrogens with one attached hydrogen (secondary N) is 1. The Morgan fingerprint density at radius 3 is 2.81 bits per heavy atom. The van der Waals surface area contributed by atoms with Gasteiger partial charge >= 0.3 is 5.69 Å². The van der Waals surface area contributed by atoms with E-state index in [9.17, 15) is 14.5 Å². The van der Waals surface area contributed by atoms with Crippen LogP contribution in [0.3, 0.4) is 0 Å². The van der Waals surface area contributed by atoms with E-state index in [1.807, 2.05) is 24.3 Å². The molecule has 0 saturated heterocycles. The maximum absolute atomic E-state index is 13.9. The number of nitrogens with zero attached hydrogens (tertiary/aromatic N) is 2. The first-order chi connectivity index (χ1) is 10.1. The summed E-state index contributed by atoms with van der Waals surface area (Å²) >= 11 is 1.30. The summed E-state index contributed by atoms with van der Waals surface area (Å²) in [7, 11) is 0. The number of aromatic amines is 1. The van der Waals surface area contributed by atoms with Gasteiger partial charge in [0.15, 0.2) is 5.16 Å². The molecule has 0 spiro atoms. The molecule has 0 atom stereocenters. The Labute approximate surface area is 123 Å². The molecule has 1 N–H and O–H groups in total. The van der Waals surface area contributed by atoms with Crippen molar-refractivity contribution in [1.82, 2.24) is 9.97 Å². The number of rotatable bonds is 4. The summed E-state index contributed by atoms with van der Waals surface area (Å²) in [5.74, 6) is -0.515. The van der Waals surface area contributed by atoms with Gasteiger partial charge in [-0.25, -0.2) is 4.98 Å². The largest absolute Gasteiger partial charge is 0.333 e. The number of halogens is 1. The van der Waals surface area contributed by atoms with Crippen molar-refractivity contribution in [2.24, 2.45) is 0 Å². The van der Waals surface area contributed by atoms with E-state index >= 15 is 0 Å². The highest BCUT2D eigenvalue weighted by molar-refractivity contribution is 7.98. The summed E-state index contributed by atoms with van der Waals surface area (Å²) in [6, 6.07) is 11.7. The lowest BCUT2D eigenvalue weighted by Gasteiger charge is -2.01. The van der Waals surface area contributed by atoms with Gasteiger partial charge in [0.2, 0.25) is 5.82 Å². The van der Waals surface area contributed by atoms with Crippen LogP contribution in [-0.4, -0.2) is 14.9 Å². The molecule has 106 valence electrons. The van der Waals surface area contributed by atoms with E-state index in [1.165, 1.54) is 23.9 Å². The normalized spacial score (nSPS) is 10.9. The zero-order valence-corrected chi connectivity index (χ0v) is 11.6. The molecule has 5 nitrogen and oxygen atoms in total. The monoisotopic (exact) mass is 303 g/mol. The van der Waals surface area contributed by atoms with Crippen LogP contribution in [0.2, 0.25) is 0 Å². The smallest absolute Gasteiger partial charge is 0.305 e. The second kappa shape index (κ2) is 5.53. The van der Waals surface area contributed by atoms with Crippen molar-refractivity contribution in [1.29, 1.82) is 0 Å². The van der Waals surface area contributed by atoms with Gasteiger partial charge in [-0.05, 0) is 12.1 Å². The standard InChI is InChI=1S/C14H10FN3O2S/c15-13-9(4-3-7-12(13)18(19)20)8-21-14-16-10-5-1-2-6-11(10)17-14/h1-7H,8H2,(H,16,17). The van der Waals surface area contributed by atoms with E-state index < -0.39 is 16.4 Å². The Kier molecular flexibility index (Phi) is 3.57. The Balaban J connectivity index is 1.81. The molecule has 0 unspecified atom stereocenters. The Morgan fingerprint density at radius 1 is 1.24 bits per heavy atom. The van der Waals surface area contributed by atoms with E-state index in [2.05, 4.69) is 9.97 Å². The molecule has 0 aliphatic carbocycles. The molecule has 7 heteroatoms. The van der Waals surface area contributed by atoms with Gasteiger partial charge in [-0.15, -0.1) is 0 Å². The van der Waals surface area contributed by atoms with Crippen LogP contribution in [0.1, 0.15) is 5.56 Å². The van der Waals surface area contributed by atoms with Gasteiger partial charge in [0.25, 0.3) is 0 Å². The van der Waals surface area contributed by atoms with Crippen LogP contribution < -0.4 is 0 Å². The molecule has 21 heavy (non-hydrogen) atoms. The number of thioether (sulfide) groups is 1. The van der Waals surface area contributed by atoms with Gasteiger partial charge < -0.3 is 4.98 Å². The minimum Gasteiger partial charge on any atom is -0.333 e. The number of aromatic nitrogens is 2. The van der Waals surface area contributed by atoms with E-state index in [4.69, 9.17) is 0 Å². The van der Waals surface area contributed by atoms with Gasteiger partial charge in [-0.1, -0.05) is 36.0 Å². The first-order valence-electron chi connectivity index (χ1n) is 6.14. The van der Waals surface area contributed by atoms with Crippen LogP contribution in [0.4, 0.5) is 10.1 Å². The predicted octanol–water partition coefficient (Wildman–Crippen LogP) is 3.90. The minimum atomic E-state index is -0.786. The fourth-order valence-electron chi connectivity index (χ4n) is 1.96. The second-order valence-electron chi connectivity index (χ2n) is 4.36. The molecule has 0 fully saturated rings. The van der Waals surface area contributed by atoms with Gasteiger partial charge in [-0.2, -0.15) is 4.39 Å². The summed E-state index contributed by atoms with van der Waals surface area (Å²) < 4.78 is 13.9. The first kappa shape index (κ1) is 13.6. The van der Waals surface area contributed by atoms with Crippen LogP contribution >= 0.6 is 11.8 Å². The van der Waals surface area contributed by atoms with Crippen LogP contribution in [0.15, 0.2) is 47.6 Å². The molecule has 2 aromatic carbocycles. The van der Waals surface area contributed by atoms with E-state index in [-0.39, 0.29) is 11.3 Å². The predicted molar refractivity (Wildman–Crippen MR) is 78.7 cm³/mol. The fourth-order valence-corrected chi connectivity index (χ4v) is 2.82. The molecule has 0 saturated carbocycles. The van der Waals surface area contributed by atoms with Crippen molar-refractivity contribution >= 4 is 28.5 Å². The van der Waals surface area contributed by atoms with E-state index in [0.717, 1.165) is 17.1 Å². The Bertz CT molecular complexity index is 786. The van der Waals surface area contributed by atoms with E-state index in [0.29, 0.717) is 5.16 Å². The number of H-pyrrole nitrogens is 1. The highest BCUT2D eigenvalue weighted by Gasteiger charge is 2.17. The number of imidazole rings is 1. The molecule has 1 aromatic heterocycles. The van der Waals surface area contributed by atoms with Crippen LogP contribution in [0.5, 0.6) is 0 Å². The van der Waals surface area contributed by atoms with Crippen molar-refractivity contribution in [3.8, 4) is 0 Å². The number of benzene rings is 2. The second-order valence-corrected chi connectivity index (χ2v) is 5.32. The molecule has 0 amide bonds. The van der Waals surface area contributed by atoms with Gasteiger partial charge in [-0.3, -0.25) is 10.1 Å². The average molecular weight is 303 g/mol. The minimum absolute atomic E-state index is 0.271. The van der Waals surface area contributed by atoms with Crippen molar-refractivity contribution in [2.75, 3.05) is 0 Å². The third-order valence-electron chi connectivity index (χ3n) is 2.99. The maximum Gasteiger partial charge on any atom is 0.305 e. The van der Waals surface area contributed by atoms with Crippen molar-refractivity contribution < 1.29 is 9.31 Å². The highest BCUT2D eigenvalue weighted by Crippen LogP contribution is 2.27. The summed E-state index contributed by atoms with van der Waals surface area (Å²) in [5.41, 5.74) is 1.52. The lowest BCUT2D eigenvalue weighted by atomic mass is 10.2. The van der Waals surface area contributed by atoms with Crippen molar-refractivity contribution in [3.63, 3.8) is 0 Å². The lowest BCUT2D eigenvalue weighted by molar-refractivity contribution is -0.387. The van der Waals surface area contributed by atoms with Crippen LogP contribution in [0.25, 0.3) is 11.0 Å². The number of hydrogen-bond donors (Lipinski definition) is 1. The fraction of sp³-hybridized carbons (Fsp3) is 0.0714. The summed E-state index contributed by atoms with van der Waals surface area (Å²) in [4.78, 5) is 17.5. The molecule has 3 rings (SSSR count). The molecule has 0 bridgehead atoms. The van der Waals surface area contributed by atoms with E-state index in [1.54, 1.807) is 0 Å². The zero-order valence-electron chi connectivity index (χ0n) is 10.7. The Hall–Kier alpha value is -2.41. The van der Waals surface area contributed by atoms with Crippen LogP contribution in [-0.2, 0) is 5.75 Å².